The summed E-state index contributed by atoms with van der Waals surface area (Å²) < 4.78 is 19.0. The van der Waals surface area contributed by atoms with E-state index >= 15 is 0 Å². The molecule has 1 saturated heterocycles. The van der Waals surface area contributed by atoms with Gasteiger partial charge in [-0.25, -0.2) is 4.39 Å². The summed E-state index contributed by atoms with van der Waals surface area (Å²) in [6.45, 7) is 6.67. The van der Waals surface area contributed by atoms with E-state index < -0.39 is 0 Å². The number of amides is 1. The van der Waals surface area contributed by atoms with Crippen LogP contribution in [0.1, 0.15) is 34.3 Å². The summed E-state index contributed by atoms with van der Waals surface area (Å²) in [7, 11) is 1.69. The third kappa shape index (κ3) is 2.90. The number of ether oxygens (including phenoxy) is 1. The van der Waals surface area contributed by atoms with E-state index in [0.29, 0.717) is 29.8 Å². The molecule has 20 heavy (non-hydrogen) atoms. The molecule has 0 unspecified atom stereocenters. The van der Waals surface area contributed by atoms with E-state index in [0.717, 1.165) is 12.8 Å². The zero-order chi connectivity index (χ0) is 14.7. The van der Waals surface area contributed by atoms with Gasteiger partial charge in [-0.05, 0) is 43.0 Å². The Morgan fingerprint density at radius 3 is 2.65 bits per heavy atom. The average molecular weight is 277 g/mol. The number of benzene rings is 1. The molecule has 1 aromatic rings. The van der Waals surface area contributed by atoms with Crippen molar-refractivity contribution in [3.63, 3.8) is 0 Å². The molecule has 2 rings (SSSR count). The Hall–Kier alpha value is -1.68. The van der Waals surface area contributed by atoms with Gasteiger partial charge in [-0.15, -0.1) is 0 Å². The summed E-state index contributed by atoms with van der Waals surface area (Å²) in [6, 6.07) is 2.98. The van der Waals surface area contributed by atoms with Crippen LogP contribution >= 0.6 is 0 Å². The van der Waals surface area contributed by atoms with E-state index in [1.807, 2.05) is 0 Å². The summed E-state index contributed by atoms with van der Waals surface area (Å²) in [4.78, 5) is 14.3. The summed E-state index contributed by atoms with van der Waals surface area (Å²) in [5.74, 6) is -0.487. The zero-order valence-corrected chi connectivity index (χ0v) is 12.0. The van der Waals surface area contributed by atoms with Crippen LogP contribution in [0.2, 0.25) is 0 Å². The van der Waals surface area contributed by atoms with Crippen LogP contribution in [0, 0.1) is 12.7 Å². The van der Waals surface area contributed by atoms with Gasteiger partial charge < -0.3 is 9.64 Å². The Morgan fingerprint density at radius 2 is 2.10 bits per heavy atom. The molecule has 1 fully saturated rings. The van der Waals surface area contributed by atoms with E-state index in [1.165, 1.54) is 6.07 Å². The van der Waals surface area contributed by atoms with Crippen molar-refractivity contribution in [2.75, 3.05) is 20.2 Å². The number of piperidine rings is 1. The second-order valence-corrected chi connectivity index (χ2v) is 5.12. The van der Waals surface area contributed by atoms with Crippen molar-refractivity contribution >= 4 is 12.0 Å². The number of halogens is 1. The fourth-order valence-electron chi connectivity index (χ4n) is 2.52. The van der Waals surface area contributed by atoms with Gasteiger partial charge in [0.1, 0.15) is 5.82 Å². The maximum Gasteiger partial charge on any atom is 0.254 e. The fraction of sp³-hybridized carbons (Fsp3) is 0.438. The maximum absolute atomic E-state index is 13.7. The van der Waals surface area contributed by atoms with Crippen LogP contribution in [-0.2, 0) is 4.74 Å². The highest BCUT2D eigenvalue weighted by Gasteiger charge is 2.25. The maximum atomic E-state index is 13.7. The Labute approximate surface area is 119 Å². The lowest BCUT2D eigenvalue weighted by Gasteiger charge is -2.31. The second-order valence-electron chi connectivity index (χ2n) is 5.12. The zero-order valence-electron chi connectivity index (χ0n) is 12.0. The Kier molecular flexibility index (Phi) is 4.55. The molecule has 108 valence electrons. The van der Waals surface area contributed by atoms with Gasteiger partial charge in [0.25, 0.3) is 5.91 Å². The van der Waals surface area contributed by atoms with Crippen LogP contribution in [-0.4, -0.2) is 37.1 Å². The van der Waals surface area contributed by atoms with Crippen molar-refractivity contribution in [2.24, 2.45) is 0 Å². The molecular formula is C16H20FNO2. The molecule has 4 heteroatoms. The quantitative estimate of drug-likeness (QED) is 0.850. The number of hydrogen-bond donors (Lipinski definition) is 0. The first-order chi connectivity index (χ1) is 9.56. The lowest BCUT2D eigenvalue weighted by Crippen LogP contribution is -2.40. The van der Waals surface area contributed by atoms with Gasteiger partial charge in [-0.2, -0.15) is 0 Å². The van der Waals surface area contributed by atoms with Gasteiger partial charge in [0.15, 0.2) is 0 Å². The van der Waals surface area contributed by atoms with Crippen LogP contribution in [0.3, 0.4) is 0 Å². The van der Waals surface area contributed by atoms with E-state index in [4.69, 9.17) is 4.74 Å². The van der Waals surface area contributed by atoms with E-state index in [-0.39, 0.29) is 17.8 Å². The predicted octanol–water partition coefficient (Wildman–Crippen LogP) is 3.03. The van der Waals surface area contributed by atoms with Crippen LogP contribution in [0.4, 0.5) is 4.39 Å². The number of carbonyl (C=O) groups excluding carboxylic acids is 1. The Balaban J connectivity index is 2.21. The molecule has 0 radical (unpaired) electrons. The number of rotatable bonds is 3. The van der Waals surface area contributed by atoms with E-state index in [1.54, 1.807) is 31.1 Å². The molecule has 3 nitrogen and oxygen atoms in total. The third-order valence-corrected chi connectivity index (χ3v) is 3.84. The number of nitrogens with zero attached hydrogens (tertiary/aromatic N) is 1. The highest BCUT2D eigenvalue weighted by molar-refractivity contribution is 5.98. The molecule has 0 aliphatic carbocycles. The van der Waals surface area contributed by atoms with Gasteiger partial charge in [-0.1, -0.05) is 12.7 Å². The summed E-state index contributed by atoms with van der Waals surface area (Å²) >= 11 is 0. The first-order valence-corrected chi connectivity index (χ1v) is 6.81. The molecule has 1 amide bonds. The third-order valence-electron chi connectivity index (χ3n) is 3.84. The number of aryl methyl sites for hydroxylation is 1. The molecule has 0 N–H and O–H groups in total. The predicted molar refractivity (Wildman–Crippen MR) is 77.2 cm³/mol. The first-order valence-electron chi connectivity index (χ1n) is 6.81. The highest BCUT2D eigenvalue weighted by Crippen LogP contribution is 2.21. The second kappa shape index (κ2) is 6.18. The lowest BCUT2D eigenvalue weighted by atomic mass is 10.0. The molecule has 0 saturated carbocycles. The van der Waals surface area contributed by atoms with Gasteiger partial charge in [0.2, 0.25) is 0 Å². The van der Waals surface area contributed by atoms with E-state index in [9.17, 15) is 9.18 Å². The molecule has 1 aromatic carbocycles. The molecule has 0 bridgehead atoms. The molecule has 0 aromatic heterocycles. The summed E-state index contributed by atoms with van der Waals surface area (Å²) in [5.41, 5.74) is 1.59. The van der Waals surface area contributed by atoms with E-state index in [2.05, 4.69) is 6.58 Å². The summed E-state index contributed by atoms with van der Waals surface area (Å²) in [6.07, 6.45) is 3.45. The highest BCUT2D eigenvalue weighted by atomic mass is 19.1. The average Bonchev–Trinajstić information content (AvgIpc) is 2.49. The molecule has 1 aliphatic rings. The molecule has 0 spiro atoms. The minimum atomic E-state index is -0.356. The number of likely N-dealkylation sites (tertiary alicyclic amines) is 1. The fourth-order valence-corrected chi connectivity index (χ4v) is 2.52. The molecule has 1 heterocycles. The Morgan fingerprint density at radius 1 is 1.45 bits per heavy atom. The largest absolute Gasteiger partial charge is 0.381 e. The minimum Gasteiger partial charge on any atom is -0.381 e. The summed E-state index contributed by atoms with van der Waals surface area (Å²) in [5, 5.41) is 0. The van der Waals surface area contributed by atoms with Crippen molar-refractivity contribution in [1.29, 1.82) is 0 Å². The number of methoxy groups -OCH3 is 1. The minimum absolute atomic E-state index is 0.131. The monoisotopic (exact) mass is 277 g/mol. The van der Waals surface area contributed by atoms with Crippen molar-refractivity contribution < 1.29 is 13.9 Å². The van der Waals surface area contributed by atoms with Crippen LogP contribution in [0.15, 0.2) is 18.7 Å². The van der Waals surface area contributed by atoms with Crippen molar-refractivity contribution in [1.82, 2.24) is 4.90 Å². The van der Waals surface area contributed by atoms with Crippen molar-refractivity contribution in [3.05, 3.63) is 41.2 Å². The van der Waals surface area contributed by atoms with Crippen LogP contribution in [0.25, 0.3) is 6.08 Å². The standard InChI is InChI=1S/C16H20FNO2/c1-4-12-9-11(2)15(17)10-14(12)16(19)18-7-5-13(20-3)6-8-18/h4,9-10,13H,1,5-8H2,2-3H3. The molecular weight excluding hydrogens is 257 g/mol. The van der Waals surface area contributed by atoms with Crippen LogP contribution < -0.4 is 0 Å². The van der Waals surface area contributed by atoms with Crippen molar-refractivity contribution in [3.8, 4) is 0 Å². The SMILES string of the molecule is C=Cc1cc(C)c(F)cc1C(=O)N1CCC(OC)CC1. The number of hydrogen-bond acceptors (Lipinski definition) is 2. The smallest absolute Gasteiger partial charge is 0.254 e. The van der Waals surface area contributed by atoms with Gasteiger partial charge >= 0.3 is 0 Å². The topological polar surface area (TPSA) is 29.5 Å². The molecule has 1 aliphatic heterocycles. The number of carbonyl (C=O) groups is 1. The van der Waals surface area contributed by atoms with Gasteiger partial charge in [-0.3, -0.25) is 4.79 Å². The van der Waals surface area contributed by atoms with Gasteiger partial charge in [0, 0.05) is 25.8 Å². The lowest BCUT2D eigenvalue weighted by molar-refractivity contribution is 0.0350. The van der Waals surface area contributed by atoms with Crippen molar-refractivity contribution in [2.45, 2.75) is 25.9 Å². The molecule has 0 atom stereocenters. The van der Waals surface area contributed by atoms with Crippen LogP contribution in [0.5, 0.6) is 0 Å². The normalized spacial score (nSPS) is 16.2. The Bertz CT molecular complexity index is 519. The first kappa shape index (κ1) is 14.7. The van der Waals surface area contributed by atoms with Gasteiger partial charge in [0.05, 0.1) is 6.10 Å².